The number of ether oxygens (including phenoxy) is 1. The Kier molecular flexibility index (Phi) is 6.94. The van der Waals surface area contributed by atoms with Gasteiger partial charge >= 0.3 is 0 Å². The average Bonchev–Trinajstić information content (AvgIpc) is 3.29. The zero-order valence-electron chi connectivity index (χ0n) is 18.2. The molecule has 2 aromatic heterocycles. The van der Waals surface area contributed by atoms with Gasteiger partial charge in [-0.25, -0.2) is 9.50 Å². The van der Waals surface area contributed by atoms with Crippen LogP contribution in [0.3, 0.4) is 0 Å². The zero-order valence-corrected chi connectivity index (χ0v) is 18.2. The number of nitrogens with one attached hydrogen (secondary N) is 1. The molecule has 3 aromatic rings. The molecule has 3 heterocycles. The highest BCUT2D eigenvalue weighted by molar-refractivity contribution is 5.79. The molecule has 1 N–H and O–H groups in total. The number of benzene rings is 1. The molecule has 168 valence electrons. The summed E-state index contributed by atoms with van der Waals surface area (Å²) in [6, 6.07) is 7.67. The number of fused-ring (bicyclic) bond motifs is 1. The van der Waals surface area contributed by atoms with Gasteiger partial charge in [0.05, 0.1) is 13.5 Å². The lowest BCUT2D eigenvalue weighted by Gasteiger charge is -2.33. The predicted octanol–water partition coefficient (Wildman–Crippen LogP) is 2.01. The van der Waals surface area contributed by atoms with Gasteiger partial charge in [-0.3, -0.25) is 9.59 Å². The third-order valence-corrected chi connectivity index (χ3v) is 5.82. The van der Waals surface area contributed by atoms with Gasteiger partial charge in [0.15, 0.2) is 0 Å². The summed E-state index contributed by atoms with van der Waals surface area (Å²) >= 11 is 0. The molecule has 1 aliphatic rings. The summed E-state index contributed by atoms with van der Waals surface area (Å²) in [5.74, 6) is 1.75. The molecule has 9 nitrogen and oxygen atoms in total. The molecule has 1 atom stereocenters. The average molecular weight is 437 g/mol. The molecule has 0 radical (unpaired) electrons. The van der Waals surface area contributed by atoms with Crippen LogP contribution in [0.4, 0.5) is 0 Å². The van der Waals surface area contributed by atoms with Crippen molar-refractivity contribution in [2.45, 2.75) is 38.6 Å². The van der Waals surface area contributed by atoms with Crippen LogP contribution in [0.15, 0.2) is 43.0 Å². The SMILES string of the molecule is COc1cccc(CNC(=O)CC[C@H]2CCCN(C(=O)Cc3cnc4ncnn4c3)C2)c1. The fourth-order valence-electron chi connectivity index (χ4n) is 4.07. The summed E-state index contributed by atoms with van der Waals surface area (Å²) in [5, 5.41) is 7.04. The first-order chi connectivity index (χ1) is 15.6. The van der Waals surface area contributed by atoms with E-state index in [1.165, 1.54) is 6.33 Å². The highest BCUT2D eigenvalue weighted by Gasteiger charge is 2.24. The van der Waals surface area contributed by atoms with E-state index in [1.54, 1.807) is 24.0 Å². The molecule has 1 saturated heterocycles. The molecule has 1 aliphatic heterocycles. The van der Waals surface area contributed by atoms with Crippen molar-refractivity contribution >= 4 is 17.6 Å². The van der Waals surface area contributed by atoms with Crippen LogP contribution in [-0.2, 0) is 22.6 Å². The van der Waals surface area contributed by atoms with Gasteiger partial charge in [0.25, 0.3) is 5.78 Å². The summed E-state index contributed by atoms with van der Waals surface area (Å²) in [4.78, 5) is 35.3. The van der Waals surface area contributed by atoms with Gasteiger partial charge in [-0.15, -0.1) is 0 Å². The normalized spacial score (nSPS) is 16.2. The molecular weight excluding hydrogens is 408 g/mol. The Morgan fingerprint density at radius 3 is 3.03 bits per heavy atom. The molecule has 1 fully saturated rings. The number of hydrogen-bond donors (Lipinski definition) is 1. The number of carbonyl (C=O) groups excluding carboxylic acids is 2. The van der Waals surface area contributed by atoms with Crippen molar-refractivity contribution < 1.29 is 14.3 Å². The Labute approximate surface area is 186 Å². The largest absolute Gasteiger partial charge is 0.497 e. The van der Waals surface area contributed by atoms with Crippen LogP contribution in [0.5, 0.6) is 5.75 Å². The molecule has 0 aliphatic carbocycles. The van der Waals surface area contributed by atoms with Crippen LogP contribution in [-0.4, -0.2) is 56.5 Å². The van der Waals surface area contributed by atoms with E-state index in [0.29, 0.717) is 31.2 Å². The zero-order chi connectivity index (χ0) is 22.3. The number of hydrogen-bond acceptors (Lipinski definition) is 6. The first-order valence-electron chi connectivity index (χ1n) is 10.9. The maximum absolute atomic E-state index is 12.8. The number of nitrogens with zero attached hydrogens (tertiary/aromatic N) is 5. The minimum atomic E-state index is 0.0310. The third kappa shape index (κ3) is 5.60. The Balaban J connectivity index is 1.22. The van der Waals surface area contributed by atoms with E-state index < -0.39 is 0 Å². The summed E-state index contributed by atoms with van der Waals surface area (Å²) in [7, 11) is 1.63. The summed E-state index contributed by atoms with van der Waals surface area (Å²) in [6.45, 7) is 1.94. The van der Waals surface area contributed by atoms with E-state index in [0.717, 1.165) is 42.7 Å². The van der Waals surface area contributed by atoms with Crippen molar-refractivity contribution in [3.05, 3.63) is 54.1 Å². The molecule has 32 heavy (non-hydrogen) atoms. The fourth-order valence-corrected chi connectivity index (χ4v) is 4.07. The number of carbonyl (C=O) groups is 2. The van der Waals surface area contributed by atoms with Crippen LogP contribution in [0.2, 0.25) is 0 Å². The van der Waals surface area contributed by atoms with Crippen molar-refractivity contribution in [2.75, 3.05) is 20.2 Å². The lowest BCUT2D eigenvalue weighted by molar-refractivity contribution is -0.132. The van der Waals surface area contributed by atoms with Crippen molar-refractivity contribution in [2.24, 2.45) is 5.92 Å². The van der Waals surface area contributed by atoms with Gasteiger partial charge in [0, 0.05) is 38.4 Å². The van der Waals surface area contributed by atoms with Gasteiger partial charge in [-0.05, 0) is 48.4 Å². The van der Waals surface area contributed by atoms with Gasteiger partial charge in [-0.1, -0.05) is 12.1 Å². The monoisotopic (exact) mass is 436 g/mol. The maximum Gasteiger partial charge on any atom is 0.252 e. The number of piperidine rings is 1. The number of likely N-dealkylation sites (tertiary alicyclic amines) is 1. The maximum atomic E-state index is 12.8. The topological polar surface area (TPSA) is 102 Å². The fraction of sp³-hybridized carbons (Fsp3) is 0.435. The van der Waals surface area contributed by atoms with Gasteiger partial charge in [-0.2, -0.15) is 10.1 Å². The number of rotatable bonds is 8. The minimum Gasteiger partial charge on any atom is -0.497 e. The van der Waals surface area contributed by atoms with Gasteiger partial charge in [0.1, 0.15) is 12.1 Å². The van der Waals surface area contributed by atoms with Crippen molar-refractivity contribution in [1.82, 2.24) is 29.8 Å². The van der Waals surface area contributed by atoms with Crippen LogP contribution >= 0.6 is 0 Å². The Morgan fingerprint density at radius 1 is 1.25 bits per heavy atom. The molecule has 2 amide bonds. The van der Waals surface area contributed by atoms with Crippen molar-refractivity contribution in [3.63, 3.8) is 0 Å². The van der Waals surface area contributed by atoms with E-state index in [1.807, 2.05) is 29.2 Å². The van der Waals surface area contributed by atoms with Crippen molar-refractivity contribution in [1.29, 1.82) is 0 Å². The second-order valence-corrected chi connectivity index (χ2v) is 8.16. The summed E-state index contributed by atoms with van der Waals surface area (Å²) in [6.07, 6.45) is 8.44. The number of methoxy groups -OCH3 is 1. The standard InChI is InChI=1S/C23H28N6O3/c1-32-20-6-2-4-18(10-20)12-24-21(30)8-7-17-5-3-9-28(14-17)22(31)11-19-13-25-23-26-16-27-29(23)15-19/h2,4,6,10,13,15-17H,3,5,7-9,11-12,14H2,1H3,(H,24,30)/t17-/m1/s1. The first kappa shape index (κ1) is 21.7. The highest BCUT2D eigenvalue weighted by atomic mass is 16.5. The highest BCUT2D eigenvalue weighted by Crippen LogP contribution is 2.22. The molecular formula is C23H28N6O3. The second kappa shape index (κ2) is 10.2. The first-order valence-corrected chi connectivity index (χ1v) is 10.9. The minimum absolute atomic E-state index is 0.0310. The second-order valence-electron chi connectivity index (χ2n) is 8.16. The summed E-state index contributed by atoms with van der Waals surface area (Å²) < 4.78 is 6.79. The van der Waals surface area contributed by atoms with E-state index in [4.69, 9.17) is 4.74 Å². The summed E-state index contributed by atoms with van der Waals surface area (Å²) in [5.41, 5.74) is 1.82. The van der Waals surface area contributed by atoms with Crippen LogP contribution < -0.4 is 10.1 Å². The quantitative estimate of drug-likeness (QED) is 0.580. The van der Waals surface area contributed by atoms with E-state index >= 15 is 0 Å². The molecule has 1 aromatic carbocycles. The van der Waals surface area contributed by atoms with E-state index in [2.05, 4.69) is 20.4 Å². The van der Waals surface area contributed by atoms with Gasteiger partial charge in [0.2, 0.25) is 11.8 Å². The lowest BCUT2D eigenvalue weighted by atomic mass is 9.93. The lowest BCUT2D eigenvalue weighted by Crippen LogP contribution is -2.41. The Hall–Kier alpha value is -3.49. The Bertz CT molecular complexity index is 1080. The number of aromatic nitrogens is 4. The number of amides is 2. The van der Waals surface area contributed by atoms with Gasteiger partial charge < -0.3 is 15.0 Å². The third-order valence-electron chi connectivity index (χ3n) is 5.82. The molecule has 4 rings (SSSR count). The van der Waals surface area contributed by atoms with E-state index in [-0.39, 0.29) is 18.2 Å². The van der Waals surface area contributed by atoms with Crippen molar-refractivity contribution in [3.8, 4) is 5.75 Å². The van der Waals surface area contributed by atoms with Crippen LogP contribution in [0.1, 0.15) is 36.8 Å². The van der Waals surface area contributed by atoms with Crippen LogP contribution in [0, 0.1) is 5.92 Å². The molecule has 0 saturated carbocycles. The molecule has 0 spiro atoms. The predicted molar refractivity (Wildman–Crippen MR) is 118 cm³/mol. The smallest absolute Gasteiger partial charge is 0.252 e. The van der Waals surface area contributed by atoms with E-state index in [9.17, 15) is 9.59 Å². The molecule has 9 heteroatoms. The Morgan fingerprint density at radius 2 is 2.16 bits per heavy atom. The molecule has 0 unspecified atom stereocenters. The molecule has 0 bridgehead atoms. The van der Waals surface area contributed by atoms with Crippen LogP contribution in [0.25, 0.3) is 5.78 Å².